The van der Waals surface area contributed by atoms with Gasteiger partial charge in [0.1, 0.15) is 0 Å². The van der Waals surface area contributed by atoms with Crippen LogP contribution in [0.3, 0.4) is 0 Å². The molecule has 3 fully saturated rings. The van der Waals surface area contributed by atoms with Crippen LogP contribution in [0.4, 0.5) is 0 Å². The first kappa shape index (κ1) is 14.0. The molecule has 122 valence electrons. The molecule has 0 radical (unpaired) electrons. The summed E-state index contributed by atoms with van der Waals surface area (Å²) in [5.41, 5.74) is 3.00. The molecule has 0 saturated carbocycles. The molecule has 0 aromatic heterocycles. The highest BCUT2D eigenvalue weighted by Gasteiger charge is 2.44. The molecule has 3 saturated heterocycles. The van der Waals surface area contributed by atoms with Gasteiger partial charge in [-0.25, -0.2) is 0 Å². The number of hydrogen-bond donors (Lipinski definition) is 1. The molecule has 1 aliphatic carbocycles. The summed E-state index contributed by atoms with van der Waals surface area (Å²) in [6, 6.07) is 6.32. The number of hydrogen-bond acceptors (Lipinski definition) is 3. The first-order chi connectivity index (χ1) is 11.2. The van der Waals surface area contributed by atoms with Crippen molar-refractivity contribution in [3.05, 3.63) is 34.9 Å². The van der Waals surface area contributed by atoms with Gasteiger partial charge in [0, 0.05) is 30.6 Å². The molecular formula is C19H24N2O2. The monoisotopic (exact) mass is 312 g/mol. The molecular weight excluding hydrogens is 288 g/mol. The molecule has 4 heteroatoms. The molecule has 1 N–H and O–H groups in total. The van der Waals surface area contributed by atoms with Gasteiger partial charge in [-0.15, -0.1) is 0 Å². The minimum absolute atomic E-state index is 0.200. The van der Waals surface area contributed by atoms with E-state index in [1.54, 1.807) is 0 Å². The van der Waals surface area contributed by atoms with Gasteiger partial charge < -0.3 is 14.9 Å². The average molecular weight is 312 g/mol. The van der Waals surface area contributed by atoms with Crippen molar-refractivity contribution in [1.29, 1.82) is 0 Å². The third-order valence-electron chi connectivity index (χ3n) is 6.63. The first-order valence-corrected chi connectivity index (χ1v) is 9.06. The standard InChI is InChI=1S/C19H24N2O2/c22-17-5-4-13-10-21(16-11-20-8-6-12(16)7-9-20)19(23)15-3-1-2-14(17)18(13)15/h1-3,12-13,16-17,22H,4-11H2/t13-,16?,17?/m1/s1. The van der Waals surface area contributed by atoms with Crippen molar-refractivity contribution in [2.45, 2.75) is 43.7 Å². The summed E-state index contributed by atoms with van der Waals surface area (Å²) >= 11 is 0. The average Bonchev–Trinajstić information content (AvgIpc) is 2.61. The summed E-state index contributed by atoms with van der Waals surface area (Å²) in [6.07, 6.45) is 3.91. The van der Waals surface area contributed by atoms with E-state index in [9.17, 15) is 9.90 Å². The molecule has 3 atom stereocenters. The van der Waals surface area contributed by atoms with Crippen molar-refractivity contribution < 1.29 is 9.90 Å². The minimum Gasteiger partial charge on any atom is -0.388 e. The number of carbonyl (C=O) groups is 1. The fraction of sp³-hybridized carbons (Fsp3) is 0.632. The zero-order valence-electron chi connectivity index (χ0n) is 13.4. The second-order valence-electron chi connectivity index (χ2n) is 7.76. The summed E-state index contributed by atoms with van der Waals surface area (Å²) < 4.78 is 0. The number of aliphatic hydroxyl groups excluding tert-OH is 1. The van der Waals surface area contributed by atoms with Gasteiger partial charge in [-0.3, -0.25) is 4.79 Å². The van der Waals surface area contributed by atoms with E-state index in [1.165, 1.54) is 25.9 Å². The Morgan fingerprint density at radius 3 is 2.61 bits per heavy atom. The highest BCUT2D eigenvalue weighted by atomic mass is 16.3. The van der Waals surface area contributed by atoms with E-state index in [4.69, 9.17) is 0 Å². The van der Waals surface area contributed by atoms with Crippen LogP contribution in [-0.4, -0.2) is 53.0 Å². The Morgan fingerprint density at radius 1 is 1.04 bits per heavy atom. The maximum Gasteiger partial charge on any atom is 0.254 e. The lowest BCUT2D eigenvalue weighted by Crippen LogP contribution is -2.60. The van der Waals surface area contributed by atoms with Crippen molar-refractivity contribution in [2.24, 2.45) is 5.92 Å². The van der Waals surface area contributed by atoms with E-state index in [1.807, 2.05) is 18.2 Å². The minimum atomic E-state index is -0.391. The SMILES string of the molecule is O=C1c2cccc3c2[C@H](CCC3O)CN1C1CN2CCC1CC2. The van der Waals surface area contributed by atoms with Gasteiger partial charge in [-0.05, 0) is 61.9 Å². The molecule has 4 aliphatic heterocycles. The lowest BCUT2D eigenvalue weighted by Gasteiger charge is -2.51. The number of amides is 1. The predicted octanol–water partition coefficient (Wildman–Crippen LogP) is 2.15. The fourth-order valence-electron chi connectivity index (χ4n) is 5.41. The van der Waals surface area contributed by atoms with Crippen LogP contribution < -0.4 is 0 Å². The van der Waals surface area contributed by atoms with Crippen molar-refractivity contribution >= 4 is 5.91 Å². The molecule has 4 heterocycles. The van der Waals surface area contributed by atoms with Crippen LogP contribution in [0.2, 0.25) is 0 Å². The quantitative estimate of drug-likeness (QED) is 0.864. The van der Waals surface area contributed by atoms with Gasteiger partial charge in [-0.2, -0.15) is 0 Å². The highest BCUT2D eigenvalue weighted by Crippen LogP contribution is 2.44. The summed E-state index contributed by atoms with van der Waals surface area (Å²) in [4.78, 5) is 17.9. The van der Waals surface area contributed by atoms with Gasteiger partial charge in [0.2, 0.25) is 0 Å². The smallest absolute Gasteiger partial charge is 0.254 e. The van der Waals surface area contributed by atoms with E-state index < -0.39 is 6.10 Å². The third-order valence-corrected chi connectivity index (χ3v) is 6.63. The lowest BCUT2D eigenvalue weighted by atomic mass is 9.74. The molecule has 0 spiro atoms. The summed E-state index contributed by atoms with van der Waals surface area (Å²) in [5, 5.41) is 10.3. The van der Waals surface area contributed by atoms with Crippen molar-refractivity contribution in [3.63, 3.8) is 0 Å². The van der Waals surface area contributed by atoms with Crippen molar-refractivity contribution in [3.8, 4) is 0 Å². The Morgan fingerprint density at radius 2 is 1.87 bits per heavy atom. The Kier molecular flexibility index (Phi) is 3.07. The number of aliphatic hydroxyl groups is 1. The second kappa shape index (κ2) is 5.05. The van der Waals surface area contributed by atoms with Crippen molar-refractivity contribution in [1.82, 2.24) is 9.80 Å². The van der Waals surface area contributed by atoms with Crippen LogP contribution in [0.1, 0.15) is 59.2 Å². The molecule has 5 aliphatic rings. The Balaban J connectivity index is 1.53. The van der Waals surface area contributed by atoms with Gasteiger partial charge >= 0.3 is 0 Å². The molecule has 6 rings (SSSR count). The van der Waals surface area contributed by atoms with Gasteiger partial charge in [-0.1, -0.05) is 12.1 Å². The van der Waals surface area contributed by atoms with Crippen LogP contribution in [0.25, 0.3) is 0 Å². The Bertz CT molecular complexity index is 651. The highest BCUT2D eigenvalue weighted by molar-refractivity contribution is 5.98. The maximum absolute atomic E-state index is 13.2. The van der Waals surface area contributed by atoms with Crippen molar-refractivity contribution in [2.75, 3.05) is 26.2 Å². The summed E-state index contributed by atoms with van der Waals surface area (Å²) in [7, 11) is 0. The fourth-order valence-corrected chi connectivity index (χ4v) is 5.41. The molecule has 23 heavy (non-hydrogen) atoms. The summed E-state index contributed by atoms with van der Waals surface area (Å²) in [5.74, 6) is 1.30. The van der Waals surface area contributed by atoms with Crippen LogP contribution in [0.15, 0.2) is 18.2 Å². The topological polar surface area (TPSA) is 43.8 Å². The largest absolute Gasteiger partial charge is 0.388 e. The lowest BCUT2D eigenvalue weighted by molar-refractivity contribution is 0.00143. The number of benzene rings is 1. The number of rotatable bonds is 1. The molecule has 1 amide bonds. The number of nitrogens with zero attached hydrogens (tertiary/aromatic N) is 2. The zero-order chi connectivity index (χ0) is 15.6. The second-order valence-corrected chi connectivity index (χ2v) is 7.76. The normalized spacial score (nSPS) is 38.6. The molecule has 2 bridgehead atoms. The maximum atomic E-state index is 13.2. The number of piperidine rings is 3. The number of carbonyl (C=O) groups excluding carboxylic acids is 1. The van der Waals surface area contributed by atoms with E-state index >= 15 is 0 Å². The van der Waals surface area contributed by atoms with Gasteiger partial charge in [0.25, 0.3) is 5.91 Å². The third kappa shape index (κ3) is 2.01. The van der Waals surface area contributed by atoms with Gasteiger partial charge in [0.05, 0.1) is 6.10 Å². The molecule has 1 aromatic rings. The molecule has 1 aromatic carbocycles. The Hall–Kier alpha value is -1.39. The van der Waals surface area contributed by atoms with E-state index in [0.29, 0.717) is 17.9 Å². The predicted molar refractivity (Wildman–Crippen MR) is 87.4 cm³/mol. The molecule has 2 unspecified atom stereocenters. The first-order valence-electron chi connectivity index (χ1n) is 9.06. The van der Waals surface area contributed by atoms with E-state index in [0.717, 1.165) is 42.6 Å². The van der Waals surface area contributed by atoms with Crippen LogP contribution in [0, 0.1) is 5.92 Å². The van der Waals surface area contributed by atoms with Crippen LogP contribution in [0.5, 0.6) is 0 Å². The number of fused-ring (bicyclic) bond motifs is 3. The molecule has 4 nitrogen and oxygen atoms in total. The summed E-state index contributed by atoms with van der Waals surface area (Å²) in [6.45, 7) is 4.32. The zero-order valence-corrected chi connectivity index (χ0v) is 13.4. The Labute approximate surface area is 137 Å². The van der Waals surface area contributed by atoms with Crippen LogP contribution >= 0.6 is 0 Å². The van der Waals surface area contributed by atoms with E-state index in [-0.39, 0.29) is 5.91 Å². The van der Waals surface area contributed by atoms with E-state index in [2.05, 4.69) is 9.80 Å². The van der Waals surface area contributed by atoms with Crippen LogP contribution in [-0.2, 0) is 0 Å². The van der Waals surface area contributed by atoms with Gasteiger partial charge in [0.15, 0.2) is 0 Å².